The van der Waals surface area contributed by atoms with E-state index in [9.17, 15) is 24.6 Å². The summed E-state index contributed by atoms with van der Waals surface area (Å²) < 4.78 is 10.8. The third kappa shape index (κ3) is 7.92. The van der Waals surface area contributed by atoms with Gasteiger partial charge in [-0.2, -0.15) is 0 Å². The standard InChI is InChI=1S/C20H26O3.C20H26O2.C20H22O2/c1-13-4-6-16-14(10-13)5-7-17(22)20(16,3)9-8-19(2)12-15(21)11-18(19)23;1-19-8-9-20(2)16-7-5-15(22-3)10-13(16)4-6-17(20)18(19)11-14(21)12-19;1-19-10-11-20(2)17(8-9-18(20)21)16(19)6-4-13-12-14(22-3)5-7-15(13)19/h4,6,10,15,21H,5,7-9,11-12H2,1-3H3;5,7,10,14,21H,4,6,8-9,11-12H2,1-3H3;5,7-9,12H,4,6,10-11H2,1-3H3/t15-,19-,20-;14-,19-,20-;19-,20-/m000/s1. The summed E-state index contributed by atoms with van der Waals surface area (Å²) in [6.45, 7) is 15.3. The van der Waals surface area contributed by atoms with Crippen molar-refractivity contribution in [2.75, 3.05) is 14.2 Å². The number of aryl methyl sites for hydroxylation is 4. The van der Waals surface area contributed by atoms with Crippen LogP contribution in [0.5, 0.6) is 11.5 Å². The number of carbonyl (C=O) groups is 3. The number of fused-ring (bicyclic) bond motifs is 9. The monoisotopic (exact) mass is 907 g/mol. The minimum Gasteiger partial charge on any atom is -0.497 e. The Bertz CT molecular complexity index is 2630. The van der Waals surface area contributed by atoms with E-state index in [0.717, 1.165) is 74.8 Å². The first-order valence-corrected chi connectivity index (χ1v) is 25.3. The number of ketones is 3. The molecule has 0 bridgehead atoms. The number of Topliss-reactive ketones (excluding diaryl/α,β-unsaturated/α-hetero) is 2. The summed E-state index contributed by atoms with van der Waals surface area (Å²) in [5.41, 5.74) is 14.6. The molecule has 11 rings (SSSR count). The molecule has 2 saturated carbocycles. The number of methoxy groups -OCH3 is 2. The van der Waals surface area contributed by atoms with Crippen molar-refractivity contribution in [3.8, 4) is 11.5 Å². The van der Waals surface area contributed by atoms with Crippen molar-refractivity contribution in [1.82, 2.24) is 0 Å². The van der Waals surface area contributed by atoms with Crippen molar-refractivity contribution in [1.29, 1.82) is 0 Å². The molecule has 0 aliphatic heterocycles. The van der Waals surface area contributed by atoms with Crippen LogP contribution in [0.2, 0.25) is 0 Å². The van der Waals surface area contributed by atoms with Gasteiger partial charge in [0.05, 0.1) is 37.3 Å². The molecule has 0 radical (unpaired) electrons. The Kier molecular flexibility index (Phi) is 12.1. The minimum atomic E-state index is -0.516. The molecule has 0 aromatic heterocycles. The molecule has 3 aromatic rings. The molecule has 356 valence electrons. The minimum absolute atomic E-state index is 0.0731. The Balaban J connectivity index is 0.000000126. The normalized spacial score (nSPS) is 34.3. The number of ether oxygens (including phenoxy) is 2. The van der Waals surface area contributed by atoms with Crippen LogP contribution in [0.4, 0.5) is 0 Å². The molecule has 0 saturated heterocycles. The topological polar surface area (TPSA) is 110 Å². The van der Waals surface area contributed by atoms with Crippen LogP contribution in [-0.2, 0) is 49.9 Å². The van der Waals surface area contributed by atoms with E-state index in [0.29, 0.717) is 25.7 Å². The van der Waals surface area contributed by atoms with E-state index in [1.54, 1.807) is 31.4 Å². The van der Waals surface area contributed by atoms with Gasteiger partial charge < -0.3 is 19.7 Å². The molecular formula is C60H74O7. The first-order valence-electron chi connectivity index (χ1n) is 25.3. The zero-order chi connectivity index (χ0) is 47.9. The Morgan fingerprint density at radius 1 is 0.552 bits per heavy atom. The third-order valence-corrected chi connectivity index (χ3v) is 18.9. The third-order valence-electron chi connectivity index (χ3n) is 18.9. The average Bonchev–Trinajstić information content (AvgIpc) is 3.89. The quantitative estimate of drug-likeness (QED) is 0.245. The lowest BCUT2D eigenvalue weighted by atomic mass is 9.56. The summed E-state index contributed by atoms with van der Waals surface area (Å²) in [5, 5.41) is 20.0. The van der Waals surface area contributed by atoms with Gasteiger partial charge in [0.2, 0.25) is 0 Å². The van der Waals surface area contributed by atoms with Crippen molar-refractivity contribution < 1.29 is 34.1 Å². The predicted molar refractivity (Wildman–Crippen MR) is 265 cm³/mol. The number of rotatable bonds is 5. The fourth-order valence-electron chi connectivity index (χ4n) is 14.4. The van der Waals surface area contributed by atoms with E-state index in [-0.39, 0.29) is 51.5 Å². The lowest BCUT2D eigenvalue weighted by molar-refractivity contribution is -0.128. The van der Waals surface area contributed by atoms with E-state index in [2.05, 4.69) is 95.3 Å². The number of benzene rings is 3. The summed E-state index contributed by atoms with van der Waals surface area (Å²) in [4.78, 5) is 37.2. The van der Waals surface area contributed by atoms with Crippen LogP contribution >= 0.6 is 0 Å². The highest BCUT2D eigenvalue weighted by molar-refractivity contribution is 6.02. The molecule has 7 nitrogen and oxygen atoms in total. The van der Waals surface area contributed by atoms with Crippen molar-refractivity contribution >= 4 is 17.3 Å². The molecular weight excluding hydrogens is 833 g/mol. The van der Waals surface area contributed by atoms with Crippen LogP contribution in [-0.4, -0.2) is 54.0 Å². The summed E-state index contributed by atoms with van der Waals surface area (Å²) in [5.74, 6) is 2.62. The molecule has 7 heteroatoms. The fourth-order valence-corrected chi connectivity index (χ4v) is 14.4. The number of hydrogen-bond acceptors (Lipinski definition) is 7. The van der Waals surface area contributed by atoms with Crippen molar-refractivity contribution in [3.05, 3.63) is 128 Å². The van der Waals surface area contributed by atoms with Gasteiger partial charge in [0.15, 0.2) is 5.78 Å². The molecule has 0 unspecified atom stereocenters. The summed E-state index contributed by atoms with van der Waals surface area (Å²) in [6, 6.07) is 19.4. The van der Waals surface area contributed by atoms with Gasteiger partial charge in [-0.25, -0.2) is 0 Å². The predicted octanol–water partition coefficient (Wildman–Crippen LogP) is 11.6. The highest BCUT2D eigenvalue weighted by Crippen LogP contribution is 2.60. The molecule has 0 heterocycles. The molecule has 2 fully saturated rings. The van der Waals surface area contributed by atoms with Gasteiger partial charge in [-0.05, 0) is 185 Å². The molecule has 67 heavy (non-hydrogen) atoms. The molecule has 2 N–H and O–H groups in total. The zero-order valence-electron chi connectivity index (χ0n) is 41.8. The molecule has 8 aliphatic rings. The zero-order valence-corrected chi connectivity index (χ0v) is 41.8. The van der Waals surface area contributed by atoms with Gasteiger partial charge in [-0.15, -0.1) is 0 Å². The second-order valence-corrected chi connectivity index (χ2v) is 23.2. The smallest absolute Gasteiger partial charge is 0.165 e. The molecule has 0 spiro atoms. The molecule has 8 aliphatic carbocycles. The lowest BCUT2D eigenvalue weighted by Crippen LogP contribution is -2.40. The maximum atomic E-state index is 12.7. The van der Waals surface area contributed by atoms with Crippen LogP contribution in [0.1, 0.15) is 164 Å². The van der Waals surface area contributed by atoms with Crippen molar-refractivity contribution in [2.45, 2.75) is 180 Å². The number of hydrogen-bond donors (Lipinski definition) is 2. The van der Waals surface area contributed by atoms with Crippen LogP contribution in [0.3, 0.4) is 0 Å². The second-order valence-electron chi connectivity index (χ2n) is 23.2. The van der Waals surface area contributed by atoms with E-state index < -0.39 is 16.9 Å². The van der Waals surface area contributed by atoms with E-state index in [1.165, 1.54) is 57.4 Å². The van der Waals surface area contributed by atoms with E-state index in [1.807, 2.05) is 13.8 Å². The SMILES string of the molecule is COc1ccc2c(c1)CCC1=C3C=CC(=O)[C@@]3(C)CC[C@]12C.COc1ccc2c(c1)CCC1=C3C[C@H](O)C[C@]3(C)CC[C@]12C.Cc1ccc2c(c1)CCC(=O)[C@@]2(C)CC[C@@]1(C)C[C@@H](O)CC1=O. The van der Waals surface area contributed by atoms with E-state index in [4.69, 9.17) is 9.47 Å². The molecule has 8 atom stereocenters. The van der Waals surface area contributed by atoms with Crippen LogP contribution in [0, 0.1) is 23.2 Å². The molecule has 0 amide bonds. The van der Waals surface area contributed by atoms with Gasteiger partial charge in [0, 0.05) is 29.1 Å². The second kappa shape index (κ2) is 17.1. The van der Waals surface area contributed by atoms with Crippen molar-refractivity contribution in [2.24, 2.45) is 16.2 Å². The first kappa shape index (κ1) is 47.5. The summed E-state index contributed by atoms with van der Waals surface area (Å²) in [7, 11) is 3.46. The number of aliphatic hydroxyl groups excluding tert-OH is 2. The number of carbonyl (C=O) groups excluding carboxylic acids is 3. The number of aliphatic hydroxyl groups is 2. The first-order chi connectivity index (χ1) is 31.7. The average molecular weight is 907 g/mol. The van der Waals surface area contributed by atoms with Gasteiger partial charge in [-0.3, -0.25) is 14.4 Å². The Morgan fingerprint density at radius 3 is 1.73 bits per heavy atom. The molecule has 3 aromatic carbocycles. The highest BCUT2D eigenvalue weighted by Gasteiger charge is 2.52. The Morgan fingerprint density at radius 2 is 1.10 bits per heavy atom. The highest BCUT2D eigenvalue weighted by atomic mass is 16.5. The Hall–Kier alpha value is -4.59. The lowest BCUT2D eigenvalue weighted by Gasteiger charge is -2.48. The number of allylic oxidation sites excluding steroid dienone is 5. The van der Waals surface area contributed by atoms with E-state index >= 15 is 0 Å². The summed E-state index contributed by atoms with van der Waals surface area (Å²) in [6.07, 6.45) is 17.4. The van der Waals surface area contributed by atoms with Crippen molar-refractivity contribution in [3.63, 3.8) is 0 Å². The maximum Gasteiger partial charge on any atom is 0.165 e. The van der Waals surface area contributed by atoms with Gasteiger partial charge >= 0.3 is 0 Å². The van der Waals surface area contributed by atoms with Gasteiger partial charge in [0.1, 0.15) is 23.1 Å². The van der Waals surface area contributed by atoms with Crippen LogP contribution < -0.4 is 9.47 Å². The maximum absolute atomic E-state index is 12.7. The fraction of sp³-hybridized carbons (Fsp3) is 0.550. The van der Waals surface area contributed by atoms with Gasteiger partial charge in [-0.1, -0.05) is 86.4 Å². The Labute approximate surface area is 399 Å². The van der Waals surface area contributed by atoms with Gasteiger partial charge in [0.25, 0.3) is 0 Å². The largest absolute Gasteiger partial charge is 0.497 e. The van der Waals surface area contributed by atoms with Crippen LogP contribution in [0.15, 0.2) is 89.0 Å². The summed E-state index contributed by atoms with van der Waals surface area (Å²) >= 11 is 0. The van der Waals surface area contributed by atoms with Crippen LogP contribution in [0.25, 0.3) is 0 Å².